The van der Waals surface area contributed by atoms with Gasteiger partial charge in [0.05, 0.1) is 13.0 Å². The molecule has 2 atom stereocenters. The van der Waals surface area contributed by atoms with Crippen molar-refractivity contribution in [2.24, 2.45) is 16.5 Å². The normalized spacial score (nSPS) is 24.2. The first-order valence-electron chi connectivity index (χ1n) is 6.00. The van der Waals surface area contributed by atoms with E-state index in [4.69, 9.17) is 9.88 Å². The standard InChI is InChI=1S/C13H16FNO4S/c1-13(2)10(11(13)12(16)19-3)7-4-5-9(8(14)6-7)20(15,17)18/h4-6,10-11H,1-3H3,(H2,15,17,18). The van der Waals surface area contributed by atoms with Crippen molar-refractivity contribution in [1.82, 2.24) is 0 Å². The minimum Gasteiger partial charge on any atom is -0.469 e. The third-order valence-corrected chi connectivity index (χ3v) is 4.85. The number of rotatable bonds is 3. The Labute approximate surface area is 117 Å². The van der Waals surface area contributed by atoms with Crippen LogP contribution in [0.5, 0.6) is 0 Å². The zero-order chi connectivity index (χ0) is 15.3. The predicted molar refractivity (Wildman–Crippen MR) is 69.8 cm³/mol. The van der Waals surface area contributed by atoms with Crippen LogP contribution in [0.15, 0.2) is 23.1 Å². The number of halogens is 1. The third-order valence-electron chi connectivity index (χ3n) is 3.90. The Morgan fingerprint density at radius 2 is 2.00 bits per heavy atom. The molecule has 2 rings (SSSR count). The zero-order valence-electron chi connectivity index (χ0n) is 11.4. The number of hydrogen-bond donors (Lipinski definition) is 1. The summed E-state index contributed by atoms with van der Waals surface area (Å²) in [6.45, 7) is 3.76. The molecule has 7 heteroatoms. The molecular weight excluding hydrogens is 285 g/mol. The molecule has 1 aliphatic rings. The molecular formula is C13H16FNO4S. The highest BCUT2D eigenvalue weighted by atomic mass is 32.2. The van der Waals surface area contributed by atoms with Crippen molar-refractivity contribution < 1.29 is 22.3 Å². The summed E-state index contributed by atoms with van der Waals surface area (Å²) < 4.78 is 40.9. The number of sulfonamides is 1. The second-order valence-electron chi connectivity index (χ2n) is 5.53. The molecule has 0 heterocycles. The van der Waals surface area contributed by atoms with Gasteiger partial charge in [0.1, 0.15) is 10.7 Å². The summed E-state index contributed by atoms with van der Waals surface area (Å²) in [7, 11) is -2.78. The van der Waals surface area contributed by atoms with Crippen LogP contribution in [0.2, 0.25) is 0 Å². The fourth-order valence-corrected chi connectivity index (χ4v) is 3.36. The van der Waals surface area contributed by atoms with Crippen LogP contribution in [0.25, 0.3) is 0 Å². The van der Waals surface area contributed by atoms with Gasteiger partial charge < -0.3 is 4.74 Å². The van der Waals surface area contributed by atoms with Crippen molar-refractivity contribution in [3.63, 3.8) is 0 Å². The topological polar surface area (TPSA) is 86.5 Å². The highest BCUT2D eigenvalue weighted by molar-refractivity contribution is 7.89. The first kappa shape index (κ1) is 14.9. The number of primary sulfonamides is 1. The van der Waals surface area contributed by atoms with Crippen molar-refractivity contribution >= 4 is 16.0 Å². The molecule has 1 aromatic carbocycles. The van der Waals surface area contributed by atoms with Crippen molar-refractivity contribution in [3.8, 4) is 0 Å². The third kappa shape index (κ3) is 2.31. The van der Waals surface area contributed by atoms with Gasteiger partial charge in [-0.15, -0.1) is 0 Å². The second kappa shape index (κ2) is 4.53. The van der Waals surface area contributed by atoms with Gasteiger partial charge in [0.2, 0.25) is 10.0 Å². The molecule has 20 heavy (non-hydrogen) atoms. The van der Waals surface area contributed by atoms with Gasteiger partial charge in [0.15, 0.2) is 0 Å². The first-order valence-corrected chi connectivity index (χ1v) is 7.55. The van der Waals surface area contributed by atoms with Gasteiger partial charge in [-0.05, 0) is 23.1 Å². The van der Waals surface area contributed by atoms with Crippen molar-refractivity contribution in [1.29, 1.82) is 0 Å². The van der Waals surface area contributed by atoms with E-state index in [1.807, 2.05) is 13.8 Å². The van der Waals surface area contributed by atoms with Crippen LogP contribution < -0.4 is 5.14 Å². The summed E-state index contributed by atoms with van der Waals surface area (Å²) in [5, 5.41) is 4.91. The number of benzene rings is 1. The Bertz CT molecular complexity index is 669. The molecule has 2 unspecified atom stereocenters. The number of methoxy groups -OCH3 is 1. The Morgan fingerprint density at radius 1 is 1.40 bits per heavy atom. The first-order chi connectivity index (χ1) is 9.10. The average Bonchev–Trinajstić information content (AvgIpc) is 2.89. The van der Waals surface area contributed by atoms with Gasteiger partial charge in [-0.1, -0.05) is 19.9 Å². The molecule has 1 aliphatic carbocycles. The molecule has 0 amide bonds. The van der Waals surface area contributed by atoms with Gasteiger partial charge in [-0.25, -0.2) is 17.9 Å². The maximum absolute atomic E-state index is 13.8. The molecule has 2 N–H and O–H groups in total. The highest BCUT2D eigenvalue weighted by Crippen LogP contribution is 2.64. The molecule has 1 saturated carbocycles. The smallest absolute Gasteiger partial charge is 0.309 e. The molecule has 5 nitrogen and oxygen atoms in total. The van der Waals surface area contributed by atoms with E-state index < -0.39 is 20.7 Å². The van der Waals surface area contributed by atoms with Gasteiger partial charge in [0, 0.05) is 5.92 Å². The minimum absolute atomic E-state index is 0.195. The number of nitrogens with two attached hydrogens (primary N) is 1. The minimum atomic E-state index is -4.09. The molecule has 0 aliphatic heterocycles. The quantitative estimate of drug-likeness (QED) is 0.855. The van der Waals surface area contributed by atoms with Crippen LogP contribution >= 0.6 is 0 Å². The lowest BCUT2D eigenvalue weighted by Crippen LogP contribution is -2.14. The largest absolute Gasteiger partial charge is 0.469 e. The number of hydrogen-bond acceptors (Lipinski definition) is 4. The lowest BCUT2D eigenvalue weighted by atomic mass is 10.0. The van der Waals surface area contributed by atoms with E-state index in [9.17, 15) is 17.6 Å². The predicted octanol–water partition coefficient (Wildman–Crippen LogP) is 1.39. The summed E-state index contributed by atoms with van der Waals surface area (Å²) in [4.78, 5) is 11.1. The molecule has 1 fully saturated rings. The zero-order valence-corrected chi connectivity index (χ0v) is 12.2. The van der Waals surface area contributed by atoms with E-state index in [0.29, 0.717) is 5.56 Å². The van der Waals surface area contributed by atoms with Crippen molar-refractivity contribution in [2.45, 2.75) is 24.7 Å². The fraction of sp³-hybridized carbons (Fsp3) is 0.462. The summed E-state index contributed by atoms with van der Waals surface area (Å²) in [5.41, 5.74) is 0.220. The SMILES string of the molecule is COC(=O)C1C(c2ccc(S(N)(=O)=O)c(F)c2)C1(C)C. The van der Waals surface area contributed by atoms with E-state index in [0.717, 1.165) is 12.1 Å². The number of ether oxygens (including phenoxy) is 1. The van der Waals surface area contributed by atoms with Gasteiger partial charge >= 0.3 is 5.97 Å². The lowest BCUT2D eigenvalue weighted by Gasteiger charge is -2.05. The van der Waals surface area contributed by atoms with E-state index >= 15 is 0 Å². The molecule has 0 aromatic heterocycles. The van der Waals surface area contributed by atoms with Crippen LogP contribution in [0.3, 0.4) is 0 Å². The molecule has 0 spiro atoms. The van der Waals surface area contributed by atoms with Crippen molar-refractivity contribution in [3.05, 3.63) is 29.6 Å². The number of esters is 1. The maximum Gasteiger partial charge on any atom is 0.309 e. The second-order valence-corrected chi connectivity index (χ2v) is 7.06. The summed E-state index contributed by atoms with van der Waals surface area (Å²) in [6, 6.07) is 3.73. The Kier molecular flexibility index (Phi) is 3.38. The Balaban J connectivity index is 2.38. The monoisotopic (exact) mass is 301 g/mol. The summed E-state index contributed by atoms with van der Waals surface area (Å²) >= 11 is 0. The number of carbonyl (C=O) groups is 1. The Morgan fingerprint density at radius 3 is 2.45 bits per heavy atom. The average molecular weight is 301 g/mol. The van der Waals surface area contributed by atoms with Crippen LogP contribution in [-0.4, -0.2) is 21.5 Å². The fourth-order valence-electron chi connectivity index (χ4n) is 2.77. The van der Waals surface area contributed by atoms with E-state index in [1.54, 1.807) is 0 Å². The molecule has 1 aromatic rings. The van der Waals surface area contributed by atoms with Gasteiger partial charge in [-0.2, -0.15) is 0 Å². The number of carbonyl (C=O) groups excluding carboxylic acids is 1. The van der Waals surface area contributed by atoms with Crippen LogP contribution in [0.4, 0.5) is 4.39 Å². The molecule has 0 bridgehead atoms. The van der Waals surface area contributed by atoms with Crippen LogP contribution in [-0.2, 0) is 19.6 Å². The molecule has 0 radical (unpaired) electrons. The van der Waals surface area contributed by atoms with Crippen molar-refractivity contribution in [2.75, 3.05) is 7.11 Å². The molecule has 0 saturated heterocycles. The van der Waals surface area contributed by atoms with Gasteiger partial charge in [-0.3, -0.25) is 4.79 Å². The Hall–Kier alpha value is -1.47. The summed E-state index contributed by atoms with van der Waals surface area (Å²) in [6.07, 6.45) is 0. The van der Waals surface area contributed by atoms with Gasteiger partial charge in [0.25, 0.3) is 0 Å². The maximum atomic E-state index is 13.8. The molecule has 110 valence electrons. The summed E-state index contributed by atoms with van der Waals surface area (Å²) in [5.74, 6) is -1.81. The van der Waals surface area contributed by atoms with E-state index in [2.05, 4.69) is 0 Å². The lowest BCUT2D eigenvalue weighted by molar-refractivity contribution is -0.143. The van der Waals surface area contributed by atoms with E-state index in [-0.39, 0.29) is 23.2 Å². The van der Waals surface area contributed by atoms with Crippen LogP contribution in [0, 0.1) is 17.2 Å². The highest BCUT2D eigenvalue weighted by Gasteiger charge is 2.63. The van der Waals surface area contributed by atoms with Crippen LogP contribution in [0.1, 0.15) is 25.3 Å². The van der Waals surface area contributed by atoms with E-state index in [1.165, 1.54) is 13.2 Å².